The van der Waals surface area contributed by atoms with Gasteiger partial charge in [-0.25, -0.2) is 13.2 Å². The van der Waals surface area contributed by atoms with Gasteiger partial charge in [-0.1, -0.05) is 36.4 Å². The number of aromatic nitrogens is 1. The van der Waals surface area contributed by atoms with Gasteiger partial charge in [0.25, 0.3) is 5.56 Å². The second kappa shape index (κ2) is 13.7. The lowest BCUT2D eigenvalue weighted by Gasteiger charge is -2.36. The van der Waals surface area contributed by atoms with Gasteiger partial charge in [-0.3, -0.25) is 19.2 Å². The van der Waals surface area contributed by atoms with E-state index in [4.69, 9.17) is 9.47 Å². The van der Waals surface area contributed by atoms with E-state index in [1.54, 1.807) is 23.6 Å². The molecule has 3 aromatic carbocycles. The third kappa shape index (κ3) is 6.50. The number of fused-ring (bicyclic) bond motifs is 1. The largest absolute Gasteiger partial charge is 0.494 e. The molecule has 0 radical (unpaired) electrons. The van der Waals surface area contributed by atoms with Crippen LogP contribution in [0, 0.1) is 24.4 Å². The number of pyridine rings is 1. The average molecular weight is 636 g/mol. The van der Waals surface area contributed by atoms with Crippen LogP contribution < -0.4 is 15.0 Å². The molecule has 45 heavy (non-hydrogen) atoms. The summed E-state index contributed by atoms with van der Waals surface area (Å²) < 4.78 is 58.2. The maximum atomic E-state index is 15.6. The van der Waals surface area contributed by atoms with Crippen molar-refractivity contribution in [1.29, 1.82) is 0 Å². The fourth-order valence-electron chi connectivity index (χ4n) is 6.27. The summed E-state index contributed by atoms with van der Waals surface area (Å²) in [5.41, 5.74) is 1.07. The molecule has 0 N–H and O–H groups in total. The standard InChI is InChI=1S/C35H36F3N3O3S/c1-23-27(20-28-29(36)11-7-12-30(28)37)35-41(34(42)32(23)26-10-6-13-31(43-2)33(26)38)24(22-45-35)21-40-16-14-39(15-17-40)18-19-44-25-8-4-3-5-9-25/h3-13,24H,14-22H2,1-2H3. The van der Waals surface area contributed by atoms with E-state index in [9.17, 15) is 13.6 Å². The first-order chi connectivity index (χ1) is 21.9. The van der Waals surface area contributed by atoms with E-state index in [1.807, 2.05) is 30.3 Å². The Balaban J connectivity index is 1.27. The highest BCUT2D eigenvalue weighted by molar-refractivity contribution is 7.99. The van der Waals surface area contributed by atoms with E-state index < -0.39 is 17.5 Å². The number of rotatable bonds is 10. The Bertz CT molecular complexity index is 1700. The Labute approximate surface area is 265 Å². The van der Waals surface area contributed by atoms with E-state index in [2.05, 4.69) is 9.80 Å². The molecule has 0 aliphatic carbocycles. The zero-order chi connectivity index (χ0) is 31.5. The topological polar surface area (TPSA) is 46.9 Å². The molecule has 1 unspecified atom stereocenters. The summed E-state index contributed by atoms with van der Waals surface area (Å²) in [7, 11) is 1.37. The highest BCUT2D eigenvalue weighted by Crippen LogP contribution is 2.41. The number of benzene rings is 3. The number of halogens is 3. The van der Waals surface area contributed by atoms with Crippen LogP contribution in [-0.2, 0) is 6.42 Å². The lowest BCUT2D eigenvalue weighted by atomic mass is 9.94. The predicted octanol–water partition coefficient (Wildman–Crippen LogP) is 6.18. The van der Waals surface area contributed by atoms with Gasteiger partial charge in [-0.15, -0.1) is 11.8 Å². The number of hydrogen-bond acceptors (Lipinski definition) is 6. The molecule has 3 heterocycles. The lowest BCUT2D eigenvalue weighted by molar-refractivity contribution is 0.108. The molecular formula is C35H36F3N3O3S. The van der Waals surface area contributed by atoms with Crippen molar-refractivity contribution in [3.8, 4) is 22.6 Å². The van der Waals surface area contributed by atoms with Crippen molar-refractivity contribution in [2.45, 2.75) is 24.4 Å². The SMILES string of the molecule is COc1cccc(-c2c(C)c(Cc3c(F)cccc3F)c3n(c2=O)C(CN2CCN(CCOc4ccccc4)CC2)CS3)c1F. The molecule has 4 aromatic rings. The fourth-order valence-corrected chi connectivity index (χ4v) is 7.65. The van der Waals surface area contributed by atoms with Gasteiger partial charge in [0.05, 0.1) is 23.7 Å². The van der Waals surface area contributed by atoms with E-state index in [0.29, 0.717) is 35.1 Å². The van der Waals surface area contributed by atoms with Crippen molar-refractivity contribution in [3.63, 3.8) is 0 Å². The van der Waals surface area contributed by atoms with Gasteiger partial charge in [-0.05, 0) is 48.4 Å². The smallest absolute Gasteiger partial charge is 0.260 e. The van der Waals surface area contributed by atoms with Crippen molar-refractivity contribution < 1.29 is 22.6 Å². The molecule has 1 saturated heterocycles. The van der Waals surface area contributed by atoms with Crippen LogP contribution in [0.5, 0.6) is 11.5 Å². The van der Waals surface area contributed by atoms with E-state index >= 15 is 4.39 Å². The van der Waals surface area contributed by atoms with Crippen LogP contribution in [0.1, 0.15) is 22.7 Å². The van der Waals surface area contributed by atoms with E-state index in [0.717, 1.165) is 38.5 Å². The number of nitrogens with zero attached hydrogens (tertiary/aromatic N) is 3. The molecule has 0 amide bonds. The second-order valence-corrected chi connectivity index (χ2v) is 12.4. The summed E-state index contributed by atoms with van der Waals surface area (Å²) in [5.74, 6) is -0.425. The lowest BCUT2D eigenvalue weighted by Crippen LogP contribution is -2.49. The summed E-state index contributed by atoms with van der Waals surface area (Å²) >= 11 is 1.52. The molecular weight excluding hydrogens is 599 g/mol. The van der Waals surface area contributed by atoms with E-state index in [1.165, 1.54) is 43.1 Å². The van der Waals surface area contributed by atoms with Crippen molar-refractivity contribution in [3.05, 3.63) is 111 Å². The Morgan fingerprint density at radius 1 is 0.867 bits per heavy atom. The third-order valence-corrected chi connectivity index (χ3v) is 10.0. The zero-order valence-electron chi connectivity index (χ0n) is 25.4. The molecule has 1 aromatic heterocycles. The monoisotopic (exact) mass is 635 g/mol. The van der Waals surface area contributed by atoms with Crippen molar-refractivity contribution in [2.75, 3.05) is 58.7 Å². The summed E-state index contributed by atoms with van der Waals surface area (Å²) in [5, 5.41) is 0.689. The van der Waals surface area contributed by atoms with Crippen molar-refractivity contribution in [2.24, 2.45) is 0 Å². The average Bonchev–Trinajstić information content (AvgIpc) is 3.46. The Morgan fingerprint density at radius 3 is 2.27 bits per heavy atom. The number of hydrogen-bond donors (Lipinski definition) is 0. The molecule has 6 rings (SSSR count). The summed E-state index contributed by atoms with van der Waals surface area (Å²) in [6, 6.07) is 18.1. The van der Waals surface area contributed by atoms with Gasteiger partial charge in [0.1, 0.15) is 24.0 Å². The Hall–Kier alpha value is -3.73. The molecule has 2 aliphatic rings. The van der Waals surface area contributed by atoms with Gasteiger partial charge < -0.3 is 9.47 Å². The minimum absolute atomic E-state index is 0.0245. The molecule has 6 nitrogen and oxygen atoms in total. The normalized spacial score (nSPS) is 17.0. The fraction of sp³-hybridized carbons (Fsp3) is 0.343. The maximum Gasteiger partial charge on any atom is 0.260 e. The summed E-state index contributed by atoms with van der Waals surface area (Å²) in [4.78, 5) is 19.0. The highest BCUT2D eigenvalue weighted by Gasteiger charge is 2.33. The van der Waals surface area contributed by atoms with Crippen LogP contribution in [0.2, 0.25) is 0 Å². The molecule has 10 heteroatoms. The van der Waals surface area contributed by atoms with Gasteiger partial charge >= 0.3 is 0 Å². The molecule has 2 aliphatic heterocycles. The summed E-state index contributed by atoms with van der Waals surface area (Å²) in [6.07, 6.45) is -0.0536. The van der Waals surface area contributed by atoms with Gasteiger partial charge in [0.15, 0.2) is 11.6 Å². The molecule has 0 saturated carbocycles. The first-order valence-corrected chi connectivity index (χ1v) is 16.1. The van der Waals surface area contributed by atoms with E-state index in [-0.39, 0.29) is 40.5 Å². The first-order valence-electron chi connectivity index (χ1n) is 15.1. The highest BCUT2D eigenvalue weighted by atomic mass is 32.2. The van der Waals surface area contributed by atoms with Crippen molar-refractivity contribution >= 4 is 11.8 Å². The van der Waals surface area contributed by atoms with Gasteiger partial charge in [0, 0.05) is 62.6 Å². The third-order valence-electron chi connectivity index (χ3n) is 8.74. The number of thioether (sulfide) groups is 1. The summed E-state index contributed by atoms with van der Waals surface area (Å²) in [6.45, 7) is 7.26. The maximum absolute atomic E-state index is 15.6. The molecule has 1 fully saturated rings. The van der Waals surface area contributed by atoms with Crippen LogP contribution in [-0.4, -0.2) is 73.1 Å². The number of ether oxygens (including phenoxy) is 2. The minimum atomic E-state index is -0.653. The van der Waals surface area contributed by atoms with Gasteiger partial charge in [-0.2, -0.15) is 0 Å². The quantitative estimate of drug-likeness (QED) is 0.207. The minimum Gasteiger partial charge on any atom is -0.494 e. The second-order valence-electron chi connectivity index (χ2n) is 11.4. The van der Waals surface area contributed by atoms with Crippen molar-refractivity contribution in [1.82, 2.24) is 14.4 Å². The predicted molar refractivity (Wildman–Crippen MR) is 171 cm³/mol. The van der Waals surface area contributed by atoms with Gasteiger partial charge in [0.2, 0.25) is 0 Å². The molecule has 1 atom stereocenters. The van der Waals surface area contributed by atoms with Crippen LogP contribution in [0.15, 0.2) is 76.6 Å². The van der Waals surface area contributed by atoms with Crippen LogP contribution >= 0.6 is 11.8 Å². The first kappa shape index (κ1) is 31.3. The van der Waals surface area contributed by atoms with Crippen LogP contribution in [0.3, 0.4) is 0 Å². The Morgan fingerprint density at radius 2 is 1.56 bits per heavy atom. The Kier molecular flexibility index (Phi) is 9.53. The molecule has 236 valence electrons. The zero-order valence-corrected chi connectivity index (χ0v) is 26.2. The van der Waals surface area contributed by atoms with Crippen LogP contribution in [0.25, 0.3) is 11.1 Å². The number of methoxy groups -OCH3 is 1. The number of para-hydroxylation sites is 1. The number of piperazine rings is 1. The molecule has 0 bridgehead atoms. The molecule has 0 spiro atoms. The van der Waals surface area contributed by atoms with Crippen LogP contribution in [0.4, 0.5) is 13.2 Å².